The third-order valence-corrected chi connectivity index (χ3v) is 2.64. The number of nitrogens with zero attached hydrogens (tertiary/aromatic N) is 3. The summed E-state index contributed by atoms with van der Waals surface area (Å²) in [5.74, 6) is -0.847. The Labute approximate surface area is 122 Å². The highest BCUT2D eigenvalue weighted by Crippen LogP contribution is 2.08. The summed E-state index contributed by atoms with van der Waals surface area (Å²) in [7, 11) is 0. The van der Waals surface area contributed by atoms with E-state index in [4.69, 9.17) is 9.94 Å². The summed E-state index contributed by atoms with van der Waals surface area (Å²) < 4.78 is 0. The number of oxime groups is 1. The van der Waals surface area contributed by atoms with Gasteiger partial charge in [-0.3, -0.25) is 4.79 Å². The van der Waals surface area contributed by atoms with Gasteiger partial charge in [0.15, 0.2) is 0 Å². The Balaban J connectivity index is 2.11. The largest absolute Gasteiger partial charge is 0.481 e. The SMILES string of the molecule is O=C(O)CCCO/N=C(/c1ccccc1)c1cccnn1. The van der Waals surface area contributed by atoms with Crippen molar-refractivity contribution in [3.05, 3.63) is 59.9 Å². The van der Waals surface area contributed by atoms with Gasteiger partial charge in [0.05, 0.1) is 0 Å². The van der Waals surface area contributed by atoms with E-state index in [9.17, 15) is 4.79 Å². The number of carboxylic acids is 1. The smallest absolute Gasteiger partial charge is 0.303 e. The van der Waals surface area contributed by atoms with Crippen LogP contribution in [0.25, 0.3) is 0 Å². The maximum absolute atomic E-state index is 10.4. The van der Waals surface area contributed by atoms with Gasteiger partial charge in [0, 0.05) is 18.2 Å². The molecule has 0 radical (unpaired) electrons. The van der Waals surface area contributed by atoms with E-state index in [1.165, 1.54) is 0 Å². The molecule has 0 saturated heterocycles. The Morgan fingerprint density at radius 2 is 2.00 bits per heavy atom. The predicted molar refractivity (Wildman–Crippen MR) is 76.9 cm³/mol. The highest BCUT2D eigenvalue weighted by Gasteiger charge is 2.09. The molecular weight excluding hydrogens is 270 g/mol. The van der Waals surface area contributed by atoms with E-state index >= 15 is 0 Å². The second kappa shape index (κ2) is 7.74. The first-order valence-electron chi connectivity index (χ1n) is 6.52. The zero-order valence-corrected chi connectivity index (χ0v) is 11.3. The molecule has 0 saturated carbocycles. The lowest BCUT2D eigenvalue weighted by Gasteiger charge is -2.05. The standard InChI is InChI=1S/C15H15N3O3/c19-14(20)9-5-11-21-18-15(12-6-2-1-3-7-12)13-8-4-10-16-17-13/h1-4,6-8,10H,5,9,11H2,(H,19,20)/b18-15-. The minimum Gasteiger partial charge on any atom is -0.481 e. The van der Waals surface area contributed by atoms with Crippen molar-refractivity contribution in [2.75, 3.05) is 6.61 Å². The van der Waals surface area contributed by atoms with Crippen molar-refractivity contribution in [2.24, 2.45) is 5.16 Å². The van der Waals surface area contributed by atoms with Crippen molar-refractivity contribution in [3.63, 3.8) is 0 Å². The Bertz CT molecular complexity index is 559. The van der Waals surface area contributed by atoms with Crippen LogP contribution in [0.1, 0.15) is 24.1 Å². The van der Waals surface area contributed by atoms with Crippen LogP contribution in [0, 0.1) is 0 Å². The number of hydrogen-bond acceptors (Lipinski definition) is 5. The topological polar surface area (TPSA) is 84.7 Å². The summed E-state index contributed by atoms with van der Waals surface area (Å²) in [6.07, 6.45) is 2.04. The van der Waals surface area contributed by atoms with Crippen molar-refractivity contribution in [3.8, 4) is 0 Å². The summed E-state index contributed by atoms with van der Waals surface area (Å²) >= 11 is 0. The molecule has 2 aromatic rings. The number of aliphatic carboxylic acids is 1. The van der Waals surface area contributed by atoms with E-state index in [1.807, 2.05) is 30.3 Å². The lowest BCUT2D eigenvalue weighted by atomic mass is 10.1. The average Bonchev–Trinajstić information content (AvgIpc) is 2.52. The molecule has 1 heterocycles. The number of carboxylic acid groups (broad SMARTS) is 1. The van der Waals surface area contributed by atoms with Crippen LogP contribution >= 0.6 is 0 Å². The number of rotatable bonds is 7. The number of aromatic nitrogens is 2. The summed E-state index contributed by atoms with van der Waals surface area (Å²) in [5.41, 5.74) is 2.03. The first kappa shape index (κ1) is 14.6. The Morgan fingerprint density at radius 1 is 1.19 bits per heavy atom. The van der Waals surface area contributed by atoms with Gasteiger partial charge >= 0.3 is 5.97 Å². The molecule has 0 unspecified atom stereocenters. The van der Waals surface area contributed by atoms with Crippen molar-refractivity contribution in [1.29, 1.82) is 0 Å². The molecule has 6 nitrogen and oxygen atoms in total. The van der Waals surface area contributed by atoms with E-state index < -0.39 is 5.97 Å². The van der Waals surface area contributed by atoms with Crippen LogP contribution in [0.5, 0.6) is 0 Å². The molecule has 0 spiro atoms. The molecule has 0 aliphatic rings. The van der Waals surface area contributed by atoms with Crippen LogP contribution in [0.4, 0.5) is 0 Å². The molecule has 2 rings (SSSR count). The van der Waals surface area contributed by atoms with Crippen molar-refractivity contribution in [2.45, 2.75) is 12.8 Å². The lowest BCUT2D eigenvalue weighted by molar-refractivity contribution is -0.137. The third kappa shape index (κ3) is 4.68. The molecule has 21 heavy (non-hydrogen) atoms. The lowest BCUT2D eigenvalue weighted by Crippen LogP contribution is -2.08. The van der Waals surface area contributed by atoms with Gasteiger partial charge in [-0.05, 0) is 18.6 Å². The molecule has 0 amide bonds. The summed E-state index contributed by atoms with van der Waals surface area (Å²) in [6, 6.07) is 13.1. The number of carbonyl (C=O) groups is 1. The van der Waals surface area contributed by atoms with E-state index in [1.54, 1.807) is 18.3 Å². The van der Waals surface area contributed by atoms with Crippen LogP contribution in [0.15, 0.2) is 53.8 Å². The van der Waals surface area contributed by atoms with Gasteiger partial charge in [-0.2, -0.15) is 5.10 Å². The number of benzene rings is 1. The first-order chi connectivity index (χ1) is 10.3. The van der Waals surface area contributed by atoms with E-state index in [0.717, 1.165) is 5.56 Å². The minimum absolute atomic E-state index is 0.0569. The van der Waals surface area contributed by atoms with E-state index in [2.05, 4.69) is 15.4 Å². The third-order valence-electron chi connectivity index (χ3n) is 2.64. The second-order valence-electron chi connectivity index (χ2n) is 4.25. The zero-order valence-electron chi connectivity index (χ0n) is 11.3. The molecule has 6 heteroatoms. The van der Waals surface area contributed by atoms with Gasteiger partial charge in [0.25, 0.3) is 0 Å². The van der Waals surface area contributed by atoms with Crippen molar-refractivity contribution in [1.82, 2.24) is 10.2 Å². The second-order valence-corrected chi connectivity index (χ2v) is 4.25. The minimum atomic E-state index is -0.847. The highest BCUT2D eigenvalue weighted by atomic mass is 16.6. The molecule has 0 bridgehead atoms. The fraction of sp³-hybridized carbons (Fsp3) is 0.200. The molecule has 0 aliphatic heterocycles. The van der Waals surface area contributed by atoms with Crippen LogP contribution in [0.3, 0.4) is 0 Å². The summed E-state index contributed by atoms with van der Waals surface area (Å²) in [6.45, 7) is 0.239. The molecule has 1 aromatic heterocycles. The van der Waals surface area contributed by atoms with Crippen LogP contribution in [0.2, 0.25) is 0 Å². The van der Waals surface area contributed by atoms with E-state index in [0.29, 0.717) is 17.8 Å². The number of hydrogen-bond donors (Lipinski definition) is 1. The van der Waals surface area contributed by atoms with Crippen molar-refractivity contribution >= 4 is 11.7 Å². The van der Waals surface area contributed by atoms with Gasteiger partial charge in [-0.15, -0.1) is 5.10 Å². The van der Waals surface area contributed by atoms with Gasteiger partial charge in [0.1, 0.15) is 18.0 Å². The van der Waals surface area contributed by atoms with Crippen molar-refractivity contribution < 1.29 is 14.7 Å². The highest BCUT2D eigenvalue weighted by molar-refractivity contribution is 6.11. The predicted octanol–water partition coefficient (Wildman–Crippen LogP) is 2.11. The molecule has 0 atom stereocenters. The monoisotopic (exact) mass is 285 g/mol. The van der Waals surface area contributed by atoms with Gasteiger partial charge in [-0.25, -0.2) is 0 Å². The van der Waals surface area contributed by atoms with Gasteiger partial charge in [-0.1, -0.05) is 35.5 Å². The first-order valence-corrected chi connectivity index (χ1v) is 6.52. The molecule has 1 aromatic carbocycles. The zero-order chi connectivity index (χ0) is 14.9. The Kier molecular flexibility index (Phi) is 5.40. The molecule has 0 fully saturated rings. The van der Waals surface area contributed by atoms with Crippen LogP contribution < -0.4 is 0 Å². The fourth-order valence-corrected chi connectivity index (χ4v) is 1.67. The average molecular weight is 285 g/mol. The van der Waals surface area contributed by atoms with Gasteiger partial charge in [0.2, 0.25) is 0 Å². The molecular formula is C15H15N3O3. The maximum atomic E-state index is 10.4. The summed E-state index contributed by atoms with van der Waals surface area (Å²) in [5, 5.41) is 20.5. The Hall–Kier alpha value is -2.76. The van der Waals surface area contributed by atoms with Crippen LogP contribution in [-0.4, -0.2) is 33.6 Å². The fourth-order valence-electron chi connectivity index (χ4n) is 1.67. The van der Waals surface area contributed by atoms with Crippen LogP contribution in [-0.2, 0) is 9.63 Å². The molecule has 1 N–H and O–H groups in total. The maximum Gasteiger partial charge on any atom is 0.303 e. The summed E-state index contributed by atoms with van der Waals surface area (Å²) in [4.78, 5) is 15.6. The molecule has 0 aliphatic carbocycles. The quantitative estimate of drug-likeness (QED) is 0.478. The normalized spacial score (nSPS) is 11.1. The molecule has 108 valence electrons. The van der Waals surface area contributed by atoms with Gasteiger partial charge < -0.3 is 9.94 Å². The Morgan fingerprint density at radius 3 is 2.67 bits per heavy atom. The van der Waals surface area contributed by atoms with E-state index in [-0.39, 0.29) is 13.0 Å².